The molecule has 0 bridgehead atoms. The van der Waals surface area contributed by atoms with Gasteiger partial charge in [0.2, 0.25) is 5.89 Å². The summed E-state index contributed by atoms with van der Waals surface area (Å²) in [4.78, 5) is 11.8. The van der Waals surface area contributed by atoms with Crippen LogP contribution >= 0.6 is 0 Å². The van der Waals surface area contributed by atoms with Crippen LogP contribution in [0.2, 0.25) is 0 Å². The minimum Gasteiger partial charge on any atom is -0.373 e. The predicted octanol–water partition coefficient (Wildman–Crippen LogP) is 1.11. The molecule has 1 unspecified atom stereocenters. The number of rotatable bonds is 5. The Labute approximate surface area is 110 Å². The molecule has 2 aromatic rings. The highest BCUT2D eigenvalue weighted by atomic mass is 16.5. The number of nitrogens with one attached hydrogen (secondary N) is 2. The number of hydrogen-bond acceptors (Lipinski definition) is 6. The summed E-state index contributed by atoms with van der Waals surface area (Å²) in [6.45, 7) is 3.92. The summed E-state index contributed by atoms with van der Waals surface area (Å²) in [6, 6.07) is 0.0308. The number of nitrogens with zero attached hydrogens (tertiary/aromatic N) is 3. The third kappa shape index (κ3) is 2.66. The van der Waals surface area contributed by atoms with Gasteiger partial charge in [0.05, 0.1) is 23.8 Å². The zero-order valence-corrected chi connectivity index (χ0v) is 10.8. The standard InChI is InChI=1S/C12H17N5O2/c1-2-3-18-6-11-16-12(19-17-11)9-4-8-10(5-13-9)15-7-14-8/h7,9,13H,2-6H2,1H3,(H,14,15). The number of hydrogen-bond donors (Lipinski definition) is 2. The van der Waals surface area contributed by atoms with Crippen LogP contribution in [0.1, 0.15) is 42.5 Å². The van der Waals surface area contributed by atoms with Crippen molar-refractivity contribution in [2.75, 3.05) is 6.61 Å². The largest absolute Gasteiger partial charge is 0.373 e. The van der Waals surface area contributed by atoms with Crippen LogP contribution in [0.15, 0.2) is 10.9 Å². The molecule has 2 aromatic heterocycles. The second kappa shape index (κ2) is 5.50. The van der Waals surface area contributed by atoms with Gasteiger partial charge in [-0.3, -0.25) is 5.32 Å². The highest BCUT2D eigenvalue weighted by Gasteiger charge is 2.25. The molecule has 0 aromatic carbocycles. The Morgan fingerprint density at radius 3 is 3.37 bits per heavy atom. The monoisotopic (exact) mass is 263 g/mol. The van der Waals surface area contributed by atoms with Gasteiger partial charge in [0.25, 0.3) is 0 Å². The van der Waals surface area contributed by atoms with Crippen molar-refractivity contribution in [3.8, 4) is 0 Å². The summed E-state index contributed by atoms with van der Waals surface area (Å²) in [7, 11) is 0. The number of fused-ring (bicyclic) bond motifs is 1. The summed E-state index contributed by atoms with van der Waals surface area (Å²) in [5, 5.41) is 7.28. The normalized spacial score (nSPS) is 18.5. The first-order valence-electron chi connectivity index (χ1n) is 6.51. The molecule has 1 aliphatic heterocycles. The molecule has 0 amide bonds. The second-order valence-corrected chi connectivity index (χ2v) is 4.57. The minimum absolute atomic E-state index is 0.0308. The van der Waals surface area contributed by atoms with Gasteiger partial charge in [0, 0.05) is 19.6 Å². The van der Waals surface area contributed by atoms with Crippen molar-refractivity contribution in [2.24, 2.45) is 0 Å². The van der Waals surface area contributed by atoms with E-state index in [9.17, 15) is 0 Å². The lowest BCUT2D eigenvalue weighted by Crippen LogP contribution is -2.28. The quantitative estimate of drug-likeness (QED) is 0.785. The summed E-state index contributed by atoms with van der Waals surface area (Å²) in [6.07, 6.45) is 3.46. The van der Waals surface area contributed by atoms with Crippen LogP contribution in [0.4, 0.5) is 0 Å². The van der Waals surface area contributed by atoms with E-state index in [0.29, 0.717) is 24.9 Å². The molecule has 102 valence electrons. The zero-order chi connectivity index (χ0) is 13.1. The average molecular weight is 263 g/mol. The first-order valence-corrected chi connectivity index (χ1v) is 6.51. The molecule has 7 heteroatoms. The van der Waals surface area contributed by atoms with Crippen LogP contribution in [0.3, 0.4) is 0 Å². The van der Waals surface area contributed by atoms with E-state index < -0.39 is 0 Å². The Balaban J connectivity index is 1.64. The SMILES string of the molecule is CCCOCc1noc(C2Cc3nc[nH]c3CN2)n1. The van der Waals surface area contributed by atoms with Crippen LogP contribution in [0.25, 0.3) is 0 Å². The third-order valence-corrected chi connectivity index (χ3v) is 3.09. The molecule has 0 saturated carbocycles. The Kier molecular flexibility index (Phi) is 3.56. The van der Waals surface area contributed by atoms with E-state index in [1.807, 2.05) is 0 Å². The smallest absolute Gasteiger partial charge is 0.244 e. The summed E-state index contributed by atoms with van der Waals surface area (Å²) in [5.41, 5.74) is 2.19. The van der Waals surface area contributed by atoms with Gasteiger partial charge in [0.1, 0.15) is 6.61 Å². The molecule has 3 heterocycles. The molecule has 2 N–H and O–H groups in total. The summed E-state index contributed by atoms with van der Waals surface area (Å²) < 4.78 is 10.7. The van der Waals surface area contributed by atoms with Gasteiger partial charge in [0.15, 0.2) is 5.82 Å². The van der Waals surface area contributed by atoms with Crippen molar-refractivity contribution in [3.63, 3.8) is 0 Å². The van der Waals surface area contributed by atoms with Crippen molar-refractivity contribution < 1.29 is 9.26 Å². The molecule has 3 rings (SSSR count). The molecule has 7 nitrogen and oxygen atoms in total. The van der Waals surface area contributed by atoms with E-state index in [0.717, 1.165) is 30.8 Å². The van der Waals surface area contributed by atoms with E-state index in [4.69, 9.17) is 9.26 Å². The molecule has 0 aliphatic carbocycles. The highest BCUT2D eigenvalue weighted by molar-refractivity contribution is 5.17. The number of H-pyrrole nitrogens is 1. The molecule has 0 saturated heterocycles. The van der Waals surface area contributed by atoms with Gasteiger partial charge < -0.3 is 14.2 Å². The van der Waals surface area contributed by atoms with Gasteiger partial charge in [-0.2, -0.15) is 4.98 Å². The van der Waals surface area contributed by atoms with Crippen molar-refractivity contribution in [1.82, 2.24) is 25.4 Å². The second-order valence-electron chi connectivity index (χ2n) is 4.57. The van der Waals surface area contributed by atoms with Crippen LogP contribution in [-0.4, -0.2) is 26.7 Å². The molecular weight excluding hydrogens is 246 g/mol. The molecular formula is C12H17N5O2. The predicted molar refractivity (Wildman–Crippen MR) is 66.1 cm³/mol. The third-order valence-electron chi connectivity index (χ3n) is 3.09. The van der Waals surface area contributed by atoms with Gasteiger partial charge in [-0.1, -0.05) is 12.1 Å². The van der Waals surface area contributed by atoms with Crippen LogP contribution in [0, 0.1) is 0 Å². The zero-order valence-electron chi connectivity index (χ0n) is 10.8. The van der Waals surface area contributed by atoms with Crippen LogP contribution in [-0.2, 0) is 24.3 Å². The fourth-order valence-corrected chi connectivity index (χ4v) is 2.12. The number of imidazole rings is 1. The topological polar surface area (TPSA) is 88.9 Å². The summed E-state index contributed by atoms with van der Waals surface area (Å²) >= 11 is 0. The molecule has 19 heavy (non-hydrogen) atoms. The Morgan fingerprint density at radius 2 is 2.47 bits per heavy atom. The van der Waals surface area contributed by atoms with Crippen molar-refractivity contribution in [3.05, 3.63) is 29.4 Å². The first-order chi connectivity index (χ1) is 9.36. The molecule has 0 radical (unpaired) electrons. The average Bonchev–Trinajstić information content (AvgIpc) is 3.06. The lowest BCUT2D eigenvalue weighted by atomic mass is 10.1. The maximum atomic E-state index is 5.39. The van der Waals surface area contributed by atoms with E-state index in [2.05, 4.69) is 32.3 Å². The highest BCUT2D eigenvalue weighted by Crippen LogP contribution is 2.22. The van der Waals surface area contributed by atoms with Crippen molar-refractivity contribution >= 4 is 0 Å². The van der Waals surface area contributed by atoms with E-state index in [-0.39, 0.29) is 6.04 Å². The van der Waals surface area contributed by atoms with Crippen molar-refractivity contribution in [2.45, 2.75) is 39.0 Å². The number of ether oxygens (including phenoxy) is 1. The maximum absolute atomic E-state index is 5.39. The molecule has 1 aliphatic rings. The Morgan fingerprint density at radius 1 is 1.53 bits per heavy atom. The molecule has 0 spiro atoms. The Hall–Kier alpha value is -1.73. The summed E-state index contributed by atoms with van der Waals surface area (Å²) in [5.74, 6) is 1.20. The molecule has 1 atom stereocenters. The lowest BCUT2D eigenvalue weighted by molar-refractivity contribution is 0.114. The molecule has 0 fully saturated rings. The fourth-order valence-electron chi connectivity index (χ4n) is 2.12. The van der Waals surface area contributed by atoms with Crippen molar-refractivity contribution in [1.29, 1.82) is 0 Å². The van der Waals surface area contributed by atoms with Crippen LogP contribution < -0.4 is 5.32 Å². The van der Waals surface area contributed by atoms with Gasteiger partial charge >= 0.3 is 0 Å². The number of aromatic nitrogens is 4. The Bertz CT molecular complexity index is 536. The van der Waals surface area contributed by atoms with Gasteiger partial charge in [-0.15, -0.1) is 0 Å². The van der Waals surface area contributed by atoms with Crippen LogP contribution in [0.5, 0.6) is 0 Å². The van der Waals surface area contributed by atoms with E-state index in [1.54, 1.807) is 6.33 Å². The first kappa shape index (κ1) is 12.3. The maximum Gasteiger partial charge on any atom is 0.244 e. The van der Waals surface area contributed by atoms with Gasteiger partial charge in [-0.05, 0) is 6.42 Å². The number of aromatic amines is 1. The van der Waals surface area contributed by atoms with E-state index >= 15 is 0 Å². The van der Waals surface area contributed by atoms with E-state index in [1.165, 1.54) is 0 Å². The lowest BCUT2D eigenvalue weighted by Gasteiger charge is -2.19. The fraction of sp³-hybridized carbons (Fsp3) is 0.583. The minimum atomic E-state index is 0.0308. The van der Waals surface area contributed by atoms with Gasteiger partial charge in [-0.25, -0.2) is 4.98 Å².